The van der Waals surface area contributed by atoms with Crippen LogP contribution in [0, 0.1) is 13.8 Å². The summed E-state index contributed by atoms with van der Waals surface area (Å²) in [5.41, 5.74) is 2.35. The molecule has 2 aromatic rings. The predicted octanol–water partition coefficient (Wildman–Crippen LogP) is 3.17. The lowest BCUT2D eigenvalue weighted by Crippen LogP contribution is -2.35. The molecule has 2 amide bonds. The van der Waals surface area contributed by atoms with Gasteiger partial charge in [0, 0.05) is 12.7 Å². The van der Waals surface area contributed by atoms with Crippen molar-refractivity contribution in [1.82, 2.24) is 4.90 Å². The number of carbonyl (C=O) groups is 2. The third-order valence-corrected chi connectivity index (χ3v) is 3.67. The molecule has 0 saturated carbocycles. The van der Waals surface area contributed by atoms with Crippen LogP contribution < -0.4 is 5.32 Å². The lowest BCUT2D eigenvalue weighted by atomic mass is 10.1. The average Bonchev–Trinajstić information content (AvgIpc) is 2.85. The standard InChI is InChI=1S/C18H22N2O3/c1-5-14-8-6-7-9-16(14)19-17(21)11-20(4)18(22)15-10-12(2)23-13(15)3/h6-10H,5,11H2,1-4H3,(H,19,21). The first-order valence-corrected chi connectivity index (χ1v) is 7.62. The molecule has 122 valence electrons. The molecule has 0 spiro atoms. The van der Waals surface area contributed by atoms with E-state index in [9.17, 15) is 9.59 Å². The summed E-state index contributed by atoms with van der Waals surface area (Å²) in [4.78, 5) is 26.0. The Bertz CT molecular complexity index is 719. The summed E-state index contributed by atoms with van der Waals surface area (Å²) in [6.07, 6.45) is 0.832. The van der Waals surface area contributed by atoms with Gasteiger partial charge in [-0.05, 0) is 38.0 Å². The van der Waals surface area contributed by atoms with Crippen LogP contribution in [-0.4, -0.2) is 30.3 Å². The number of amides is 2. The van der Waals surface area contributed by atoms with E-state index in [0.29, 0.717) is 17.1 Å². The van der Waals surface area contributed by atoms with Gasteiger partial charge in [-0.3, -0.25) is 9.59 Å². The molecule has 2 rings (SSSR count). The van der Waals surface area contributed by atoms with E-state index in [1.54, 1.807) is 27.0 Å². The second kappa shape index (κ2) is 7.13. The van der Waals surface area contributed by atoms with Crippen LogP contribution in [-0.2, 0) is 11.2 Å². The number of rotatable bonds is 5. The van der Waals surface area contributed by atoms with Crippen LogP contribution in [0.15, 0.2) is 34.7 Å². The van der Waals surface area contributed by atoms with E-state index in [0.717, 1.165) is 17.7 Å². The molecule has 0 radical (unpaired) electrons. The fourth-order valence-electron chi connectivity index (χ4n) is 2.48. The largest absolute Gasteiger partial charge is 0.466 e. The van der Waals surface area contributed by atoms with Gasteiger partial charge in [0.05, 0.1) is 12.1 Å². The van der Waals surface area contributed by atoms with Gasteiger partial charge in [-0.2, -0.15) is 0 Å². The van der Waals surface area contributed by atoms with Crippen molar-refractivity contribution < 1.29 is 14.0 Å². The van der Waals surface area contributed by atoms with Crippen LogP contribution in [0.3, 0.4) is 0 Å². The smallest absolute Gasteiger partial charge is 0.257 e. The van der Waals surface area contributed by atoms with Crippen LogP contribution in [0.25, 0.3) is 0 Å². The molecule has 0 fully saturated rings. The second-order valence-corrected chi connectivity index (χ2v) is 5.55. The summed E-state index contributed by atoms with van der Waals surface area (Å²) >= 11 is 0. The van der Waals surface area contributed by atoms with Crippen molar-refractivity contribution in [3.05, 3.63) is 53.0 Å². The molecule has 0 aliphatic rings. The summed E-state index contributed by atoms with van der Waals surface area (Å²) < 4.78 is 5.37. The number of nitrogens with one attached hydrogen (secondary N) is 1. The fraction of sp³-hybridized carbons (Fsp3) is 0.333. The number of aryl methyl sites for hydroxylation is 3. The normalized spacial score (nSPS) is 10.4. The van der Waals surface area contributed by atoms with Gasteiger partial charge in [0.15, 0.2) is 0 Å². The zero-order valence-electron chi connectivity index (χ0n) is 14.0. The van der Waals surface area contributed by atoms with Gasteiger partial charge < -0.3 is 14.6 Å². The van der Waals surface area contributed by atoms with Crippen LogP contribution in [0.1, 0.15) is 34.4 Å². The van der Waals surface area contributed by atoms with Crippen molar-refractivity contribution in [2.24, 2.45) is 0 Å². The number of hydrogen-bond acceptors (Lipinski definition) is 3. The number of likely N-dealkylation sites (N-methyl/N-ethyl adjacent to an activating group) is 1. The zero-order chi connectivity index (χ0) is 17.0. The monoisotopic (exact) mass is 314 g/mol. The quantitative estimate of drug-likeness (QED) is 0.922. The predicted molar refractivity (Wildman–Crippen MR) is 89.6 cm³/mol. The zero-order valence-corrected chi connectivity index (χ0v) is 14.0. The van der Waals surface area contributed by atoms with E-state index < -0.39 is 0 Å². The Morgan fingerprint density at radius 3 is 2.52 bits per heavy atom. The fourth-order valence-corrected chi connectivity index (χ4v) is 2.48. The van der Waals surface area contributed by atoms with Gasteiger partial charge in [0.25, 0.3) is 5.91 Å². The maximum atomic E-state index is 12.4. The number of nitrogens with zero attached hydrogens (tertiary/aromatic N) is 1. The Labute approximate surface area is 136 Å². The van der Waals surface area contributed by atoms with Gasteiger partial charge >= 0.3 is 0 Å². The Kier molecular flexibility index (Phi) is 5.21. The van der Waals surface area contributed by atoms with E-state index in [2.05, 4.69) is 5.32 Å². The number of para-hydroxylation sites is 1. The lowest BCUT2D eigenvalue weighted by molar-refractivity contribution is -0.116. The van der Waals surface area contributed by atoms with Crippen molar-refractivity contribution in [1.29, 1.82) is 0 Å². The summed E-state index contributed by atoms with van der Waals surface area (Å²) in [6.45, 7) is 5.55. The molecule has 0 atom stereocenters. The molecular weight excluding hydrogens is 292 g/mol. The van der Waals surface area contributed by atoms with Gasteiger partial charge in [-0.1, -0.05) is 25.1 Å². The highest BCUT2D eigenvalue weighted by Gasteiger charge is 2.19. The number of anilines is 1. The first-order valence-electron chi connectivity index (χ1n) is 7.62. The highest BCUT2D eigenvalue weighted by atomic mass is 16.3. The maximum Gasteiger partial charge on any atom is 0.257 e. The first-order chi connectivity index (χ1) is 10.9. The Morgan fingerprint density at radius 1 is 1.22 bits per heavy atom. The Balaban J connectivity index is 2.02. The minimum atomic E-state index is -0.224. The molecule has 5 heteroatoms. The minimum absolute atomic E-state index is 0.0133. The van der Waals surface area contributed by atoms with Crippen molar-refractivity contribution in [2.75, 3.05) is 18.9 Å². The SMILES string of the molecule is CCc1ccccc1NC(=O)CN(C)C(=O)c1cc(C)oc1C. The summed E-state index contributed by atoms with van der Waals surface area (Å²) in [5.74, 6) is 0.801. The molecule has 0 saturated heterocycles. The van der Waals surface area contributed by atoms with Gasteiger partial charge in [0.1, 0.15) is 11.5 Å². The van der Waals surface area contributed by atoms with Crippen LogP contribution in [0.5, 0.6) is 0 Å². The molecule has 23 heavy (non-hydrogen) atoms. The van der Waals surface area contributed by atoms with E-state index in [1.807, 2.05) is 31.2 Å². The van der Waals surface area contributed by atoms with E-state index in [4.69, 9.17) is 4.42 Å². The first kappa shape index (κ1) is 16.8. The molecule has 0 bridgehead atoms. The van der Waals surface area contributed by atoms with Gasteiger partial charge in [-0.15, -0.1) is 0 Å². The number of furan rings is 1. The summed E-state index contributed by atoms with van der Waals surface area (Å²) in [6, 6.07) is 9.35. The molecule has 0 unspecified atom stereocenters. The molecule has 1 aromatic carbocycles. The van der Waals surface area contributed by atoms with E-state index in [1.165, 1.54) is 4.90 Å². The van der Waals surface area contributed by atoms with E-state index >= 15 is 0 Å². The molecule has 1 heterocycles. The lowest BCUT2D eigenvalue weighted by Gasteiger charge is -2.17. The number of hydrogen-bond donors (Lipinski definition) is 1. The highest BCUT2D eigenvalue weighted by molar-refractivity contribution is 6.00. The molecule has 5 nitrogen and oxygen atoms in total. The average molecular weight is 314 g/mol. The van der Waals surface area contributed by atoms with Crippen molar-refractivity contribution in [3.63, 3.8) is 0 Å². The molecule has 0 aliphatic carbocycles. The van der Waals surface area contributed by atoms with Crippen molar-refractivity contribution >= 4 is 17.5 Å². The minimum Gasteiger partial charge on any atom is -0.466 e. The molecular formula is C18H22N2O3. The summed E-state index contributed by atoms with van der Waals surface area (Å²) in [7, 11) is 1.61. The summed E-state index contributed by atoms with van der Waals surface area (Å²) in [5, 5.41) is 2.86. The second-order valence-electron chi connectivity index (χ2n) is 5.55. The van der Waals surface area contributed by atoms with Crippen LogP contribution >= 0.6 is 0 Å². The third-order valence-electron chi connectivity index (χ3n) is 3.67. The van der Waals surface area contributed by atoms with Crippen LogP contribution in [0.4, 0.5) is 5.69 Å². The van der Waals surface area contributed by atoms with Crippen molar-refractivity contribution in [3.8, 4) is 0 Å². The van der Waals surface area contributed by atoms with Crippen molar-refractivity contribution in [2.45, 2.75) is 27.2 Å². The highest BCUT2D eigenvalue weighted by Crippen LogP contribution is 2.17. The topological polar surface area (TPSA) is 62.6 Å². The Hall–Kier alpha value is -2.56. The molecule has 1 N–H and O–H groups in total. The Morgan fingerprint density at radius 2 is 1.91 bits per heavy atom. The maximum absolute atomic E-state index is 12.4. The number of benzene rings is 1. The molecule has 1 aromatic heterocycles. The van der Waals surface area contributed by atoms with Crippen LogP contribution in [0.2, 0.25) is 0 Å². The van der Waals surface area contributed by atoms with E-state index in [-0.39, 0.29) is 18.4 Å². The third kappa shape index (κ3) is 4.00. The molecule has 0 aliphatic heterocycles. The van der Waals surface area contributed by atoms with Gasteiger partial charge in [-0.25, -0.2) is 0 Å². The van der Waals surface area contributed by atoms with Gasteiger partial charge in [0.2, 0.25) is 5.91 Å². The number of carbonyl (C=O) groups excluding carboxylic acids is 2.